The molecule has 1 aliphatic heterocycles. The maximum absolute atomic E-state index is 12.5. The molecule has 2 heterocycles. The predicted molar refractivity (Wildman–Crippen MR) is 98.3 cm³/mol. The van der Waals surface area contributed by atoms with E-state index in [1.54, 1.807) is 17.0 Å². The molecule has 1 atom stereocenters. The lowest BCUT2D eigenvalue weighted by atomic mass is 10.1. The van der Waals surface area contributed by atoms with Crippen LogP contribution in [-0.2, 0) is 11.3 Å². The quantitative estimate of drug-likeness (QED) is 0.716. The minimum Gasteiger partial charge on any atom is -0.486 e. The summed E-state index contributed by atoms with van der Waals surface area (Å²) >= 11 is 0. The third-order valence-electron chi connectivity index (χ3n) is 4.50. The molecule has 1 unspecified atom stereocenters. The van der Waals surface area contributed by atoms with Crippen LogP contribution in [-0.4, -0.2) is 36.6 Å². The first kappa shape index (κ1) is 16.7. The summed E-state index contributed by atoms with van der Waals surface area (Å²) in [6.07, 6.45) is 0.0540. The first-order chi connectivity index (χ1) is 12.7. The number of rotatable bonds is 4. The fraction of sp³-hybridized carbons (Fsp3) is 0.286. The van der Waals surface area contributed by atoms with Crippen LogP contribution in [0.15, 0.2) is 59.0 Å². The lowest BCUT2D eigenvalue weighted by Gasteiger charge is -2.30. The minimum atomic E-state index is -0.0999. The molecule has 0 radical (unpaired) electrons. The molecule has 1 fully saturated rings. The summed E-state index contributed by atoms with van der Waals surface area (Å²) in [6, 6.07) is 17.6. The number of hydrogen-bond acceptors (Lipinski definition) is 4. The lowest BCUT2D eigenvalue weighted by molar-refractivity contribution is -0.0135. The van der Waals surface area contributed by atoms with Gasteiger partial charge in [-0.05, 0) is 42.0 Å². The molecule has 0 saturated carbocycles. The molecular formula is C21H21NO4. The number of furan rings is 1. The number of benzene rings is 2. The molecule has 5 heteroatoms. The first-order valence-electron chi connectivity index (χ1n) is 8.80. The van der Waals surface area contributed by atoms with Gasteiger partial charge in [0, 0.05) is 13.1 Å². The Balaban J connectivity index is 1.40. The highest BCUT2D eigenvalue weighted by Gasteiger charge is 2.24. The normalized spacial score (nSPS) is 17.4. The van der Waals surface area contributed by atoms with Gasteiger partial charge in [-0.3, -0.25) is 4.79 Å². The topological polar surface area (TPSA) is 51.9 Å². The van der Waals surface area contributed by atoms with Gasteiger partial charge < -0.3 is 18.8 Å². The fourth-order valence-electron chi connectivity index (χ4n) is 3.14. The van der Waals surface area contributed by atoms with Crippen molar-refractivity contribution >= 4 is 16.7 Å². The van der Waals surface area contributed by atoms with Gasteiger partial charge in [0.15, 0.2) is 5.76 Å². The minimum absolute atomic E-state index is 0.0540. The van der Waals surface area contributed by atoms with Crippen LogP contribution in [0.5, 0.6) is 5.75 Å². The van der Waals surface area contributed by atoms with Crippen LogP contribution in [0.3, 0.4) is 0 Å². The molecule has 0 bridgehead atoms. The summed E-state index contributed by atoms with van der Waals surface area (Å²) < 4.78 is 17.0. The van der Waals surface area contributed by atoms with Gasteiger partial charge in [0.25, 0.3) is 5.91 Å². The Morgan fingerprint density at radius 2 is 2.00 bits per heavy atom. The third kappa shape index (κ3) is 3.58. The van der Waals surface area contributed by atoms with Crippen molar-refractivity contribution in [3.05, 3.63) is 66.1 Å². The number of hydrogen-bond donors (Lipinski definition) is 0. The number of morpholine rings is 1. The van der Waals surface area contributed by atoms with E-state index in [4.69, 9.17) is 13.9 Å². The maximum atomic E-state index is 12.5. The van der Waals surface area contributed by atoms with Crippen LogP contribution >= 0.6 is 0 Å². The van der Waals surface area contributed by atoms with Crippen molar-refractivity contribution in [1.82, 2.24) is 4.90 Å². The van der Waals surface area contributed by atoms with Crippen molar-refractivity contribution in [2.24, 2.45) is 0 Å². The summed E-state index contributed by atoms with van der Waals surface area (Å²) in [5, 5.41) is 2.30. The Bertz CT molecular complexity index is 917. The number of fused-ring (bicyclic) bond motifs is 1. The number of carbonyl (C=O) groups excluding carboxylic acids is 1. The van der Waals surface area contributed by atoms with Crippen LogP contribution in [0.25, 0.3) is 10.8 Å². The molecule has 1 aromatic heterocycles. The molecule has 1 saturated heterocycles. The van der Waals surface area contributed by atoms with Crippen molar-refractivity contribution in [2.45, 2.75) is 19.6 Å². The largest absolute Gasteiger partial charge is 0.486 e. The van der Waals surface area contributed by atoms with Crippen LogP contribution in [0.4, 0.5) is 0 Å². The van der Waals surface area contributed by atoms with Gasteiger partial charge in [0.1, 0.15) is 18.1 Å². The van der Waals surface area contributed by atoms with E-state index in [0.717, 1.165) is 11.1 Å². The van der Waals surface area contributed by atoms with Gasteiger partial charge in [-0.1, -0.05) is 30.3 Å². The van der Waals surface area contributed by atoms with Gasteiger partial charge in [-0.25, -0.2) is 0 Å². The highest BCUT2D eigenvalue weighted by atomic mass is 16.5. The Hall–Kier alpha value is -2.79. The Morgan fingerprint density at radius 3 is 2.85 bits per heavy atom. The van der Waals surface area contributed by atoms with Gasteiger partial charge in [0.05, 0.1) is 12.7 Å². The van der Waals surface area contributed by atoms with Gasteiger partial charge in [0.2, 0.25) is 0 Å². The Kier molecular flexibility index (Phi) is 4.63. The van der Waals surface area contributed by atoms with Crippen molar-refractivity contribution in [2.75, 3.05) is 19.7 Å². The highest BCUT2D eigenvalue weighted by molar-refractivity contribution is 5.91. The van der Waals surface area contributed by atoms with Crippen molar-refractivity contribution in [1.29, 1.82) is 0 Å². The van der Waals surface area contributed by atoms with Crippen molar-refractivity contribution < 1.29 is 18.7 Å². The molecule has 3 aromatic rings. The molecule has 0 N–H and O–H groups in total. The van der Waals surface area contributed by atoms with Gasteiger partial charge in [-0.2, -0.15) is 0 Å². The zero-order chi connectivity index (χ0) is 17.9. The molecule has 1 amide bonds. The van der Waals surface area contributed by atoms with Gasteiger partial charge in [-0.15, -0.1) is 0 Å². The summed E-state index contributed by atoms with van der Waals surface area (Å²) in [6.45, 7) is 3.98. The van der Waals surface area contributed by atoms with E-state index >= 15 is 0 Å². The SMILES string of the molecule is CC1CN(C(=O)c2ccc(COc3ccc4ccccc4c3)o2)CCO1. The molecule has 26 heavy (non-hydrogen) atoms. The smallest absolute Gasteiger partial charge is 0.289 e. The number of carbonyl (C=O) groups is 1. The second-order valence-corrected chi connectivity index (χ2v) is 6.50. The molecule has 4 rings (SSSR count). The lowest BCUT2D eigenvalue weighted by Crippen LogP contribution is -2.44. The van der Waals surface area contributed by atoms with Crippen LogP contribution in [0, 0.1) is 0 Å². The molecule has 0 aliphatic carbocycles. The Labute approximate surface area is 152 Å². The number of nitrogens with zero attached hydrogens (tertiary/aromatic N) is 1. The van der Waals surface area contributed by atoms with E-state index in [-0.39, 0.29) is 18.6 Å². The predicted octanol–water partition coefficient (Wildman–Crippen LogP) is 3.87. The Morgan fingerprint density at radius 1 is 1.15 bits per heavy atom. The monoisotopic (exact) mass is 351 g/mol. The van der Waals surface area contributed by atoms with E-state index in [9.17, 15) is 4.79 Å². The van der Waals surface area contributed by atoms with Crippen LogP contribution in [0.2, 0.25) is 0 Å². The van der Waals surface area contributed by atoms with E-state index in [1.165, 1.54) is 5.39 Å². The van der Waals surface area contributed by atoms with Gasteiger partial charge >= 0.3 is 0 Å². The highest BCUT2D eigenvalue weighted by Crippen LogP contribution is 2.22. The van der Waals surface area contributed by atoms with E-state index in [1.807, 2.05) is 37.3 Å². The summed E-state index contributed by atoms with van der Waals surface area (Å²) in [5.74, 6) is 1.64. The third-order valence-corrected chi connectivity index (χ3v) is 4.50. The number of amides is 1. The summed E-state index contributed by atoms with van der Waals surface area (Å²) in [4.78, 5) is 14.3. The molecule has 134 valence electrons. The molecular weight excluding hydrogens is 330 g/mol. The second kappa shape index (κ2) is 7.22. The molecule has 1 aliphatic rings. The van der Waals surface area contributed by atoms with Crippen LogP contribution in [0.1, 0.15) is 23.2 Å². The zero-order valence-corrected chi connectivity index (χ0v) is 14.7. The van der Waals surface area contributed by atoms with E-state index in [0.29, 0.717) is 31.2 Å². The summed E-state index contributed by atoms with van der Waals surface area (Å²) in [7, 11) is 0. The number of ether oxygens (including phenoxy) is 2. The average Bonchev–Trinajstić information content (AvgIpc) is 3.14. The van der Waals surface area contributed by atoms with E-state index < -0.39 is 0 Å². The standard InChI is InChI=1S/C21H21NO4/c1-15-13-22(10-11-24-15)21(23)20-9-8-19(26-20)14-25-18-7-6-16-4-2-3-5-17(16)12-18/h2-9,12,15H,10-11,13-14H2,1H3. The van der Waals surface area contributed by atoms with Crippen LogP contribution < -0.4 is 4.74 Å². The van der Waals surface area contributed by atoms with Crippen molar-refractivity contribution in [3.8, 4) is 5.75 Å². The summed E-state index contributed by atoms with van der Waals surface area (Å²) in [5.41, 5.74) is 0. The second-order valence-electron chi connectivity index (χ2n) is 6.50. The maximum Gasteiger partial charge on any atom is 0.289 e. The fourth-order valence-corrected chi connectivity index (χ4v) is 3.14. The zero-order valence-electron chi connectivity index (χ0n) is 14.7. The molecule has 5 nitrogen and oxygen atoms in total. The average molecular weight is 351 g/mol. The molecule has 0 spiro atoms. The molecule has 2 aromatic carbocycles. The van der Waals surface area contributed by atoms with Crippen molar-refractivity contribution in [3.63, 3.8) is 0 Å². The van der Waals surface area contributed by atoms with E-state index in [2.05, 4.69) is 12.1 Å². The first-order valence-corrected chi connectivity index (χ1v) is 8.80.